The number of aromatic nitrogens is 1. The molecule has 0 N–H and O–H groups in total. The Balaban J connectivity index is 2.14. The van der Waals surface area contributed by atoms with Gasteiger partial charge in [-0.1, -0.05) is 70.5 Å². The van der Waals surface area contributed by atoms with Crippen LogP contribution in [0.4, 0.5) is 0 Å². The summed E-state index contributed by atoms with van der Waals surface area (Å²) in [4.78, 5) is 13.2. The number of halogens is 1. The van der Waals surface area contributed by atoms with E-state index in [1.807, 2.05) is 78.9 Å². The highest BCUT2D eigenvalue weighted by Crippen LogP contribution is 2.26. The molecule has 0 saturated carbocycles. The van der Waals surface area contributed by atoms with Gasteiger partial charge in [-0.2, -0.15) is 0 Å². The Bertz CT molecular complexity index is 1070. The molecule has 0 bridgehead atoms. The standard InChI is InChI=1S/C21H14BrNO/c22-17-12-11-16-13-20(15-7-3-1-4-8-15)23(21(24)19(16)14-17)18-9-5-2-6-10-18/h1-14H. The highest BCUT2D eigenvalue weighted by Gasteiger charge is 2.12. The van der Waals surface area contributed by atoms with Gasteiger partial charge in [-0.05, 0) is 41.3 Å². The van der Waals surface area contributed by atoms with Crippen molar-refractivity contribution in [3.63, 3.8) is 0 Å². The van der Waals surface area contributed by atoms with Crippen LogP contribution in [0.25, 0.3) is 27.7 Å². The lowest BCUT2D eigenvalue weighted by atomic mass is 10.1. The number of hydrogen-bond donors (Lipinski definition) is 0. The average molecular weight is 376 g/mol. The number of hydrogen-bond acceptors (Lipinski definition) is 1. The normalized spacial score (nSPS) is 10.9. The molecule has 0 aliphatic rings. The van der Waals surface area contributed by atoms with Crippen molar-refractivity contribution >= 4 is 26.7 Å². The van der Waals surface area contributed by atoms with Crippen LogP contribution in [-0.2, 0) is 0 Å². The van der Waals surface area contributed by atoms with E-state index in [4.69, 9.17) is 0 Å². The highest BCUT2D eigenvalue weighted by molar-refractivity contribution is 9.10. The summed E-state index contributed by atoms with van der Waals surface area (Å²) in [5.74, 6) is 0. The zero-order chi connectivity index (χ0) is 16.5. The molecule has 4 rings (SSSR count). The quantitative estimate of drug-likeness (QED) is 0.458. The fourth-order valence-corrected chi connectivity index (χ4v) is 3.30. The lowest BCUT2D eigenvalue weighted by molar-refractivity contribution is 1.02. The van der Waals surface area contributed by atoms with Gasteiger partial charge in [0.05, 0.1) is 5.69 Å². The monoisotopic (exact) mass is 375 g/mol. The third-order valence-corrected chi connectivity index (χ3v) is 4.56. The van der Waals surface area contributed by atoms with Crippen molar-refractivity contribution in [2.45, 2.75) is 0 Å². The summed E-state index contributed by atoms with van der Waals surface area (Å²) in [6, 6.07) is 27.7. The van der Waals surface area contributed by atoms with Gasteiger partial charge in [0.15, 0.2) is 0 Å². The summed E-state index contributed by atoms with van der Waals surface area (Å²) >= 11 is 3.46. The minimum Gasteiger partial charge on any atom is -0.276 e. The maximum absolute atomic E-state index is 13.2. The molecule has 0 radical (unpaired) electrons. The molecule has 0 atom stereocenters. The Morgan fingerprint density at radius 1 is 0.750 bits per heavy atom. The maximum Gasteiger partial charge on any atom is 0.263 e. The number of nitrogens with zero attached hydrogens (tertiary/aromatic N) is 1. The number of para-hydroxylation sites is 1. The van der Waals surface area contributed by atoms with Gasteiger partial charge in [0.1, 0.15) is 0 Å². The van der Waals surface area contributed by atoms with Crippen molar-refractivity contribution in [3.05, 3.63) is 99.8 Å². The van der Waals surface area contributed by atoms with Crippen LogP contribution in [-0.4, -0.2) is 4.57 Å². The van der Waals surface area contributed by atoms with Gasteiger partial charge in [-0.15, -0.1) is 0 Å². The molecule has 0 fully saturated rings. The molecule has 3 heteroatoms. The number of fused-ring (bicyclic) bond motifs is 1. The average Bonchev–Trinajstić information content (AvgIpc) is 2.63. The number of pyridine rings is 1. The topological polar surface area (TPSA) is 22.0 Å². The first-order valence-corrected chi connectivity index (χ1v) is 8.49. The second kappa shape index (κ2) is 6.10. The molecule has 0 aliphatic carbocycles. The van der Waals surface area contributed by atoms with Crippen molar-refractivity contribution in [2.75, 3.05) is 0 Å². The molecule has 1 aromatic heterocycles. The molecule has 4 aromatic rings. The van der Waals surface area contributed by atoms with E-state index < -0.39 is 0 Å². The first kappa shape index (κ1) is 14.9. The predicted molar refractivity (Wildman–Crippen MR) is 103 cm³/mol. The van der Waals surface area contributed by atoms with Crippen molar-refractivity contribution in [1.29, 1.82) is 0 Å². The van der Waals surface area contributed by atoms with Gasteiger partial charge in [0.2, 0.25) is 0 Å². The maximum atomic E-state index is 13.2. The second-order valence-electron chi connectivity index (χ2n) is 5.60. The molecule has 24 heavy (non-hydrogen) atoms. The zero-order valence-electron chi connectivity index (χ0n) is 12.8. The van der Waals surface area contributed by atoms with Crippen LogP contribution >= 0.6 is 15.9 Å². The van der Waals surface area contributed by atoms with Gasteiger partial charge in [-0.25, -0.2) is 0 Å². The number of rotatable bonds is 2. The molecule has 1 heterocycles. The SMILES string of the molecule is O=c1c2cc(Br)ccc2cc(-c2ccccc2)n1-c1ccccc1. The van der Waals surface area contributed by atoms with Crippen LogP contribution in [0.15, 0.2) is 94.2 Å². The summed E-state index contributed by atoms with van der Waals surface area (Å²) in [6.07, 6.45) is 0. The van der Waals surface area contributed by atoms with E-state index in [1.165, 1.54) is 0 Å². The largest absolute Gasteiger partial charge is 0.276 e. The van der Waals surface area contributed by atoms with Gasteiger partial charge >= 0.3 is 0 Å². The molecular weight excluding hydrogens is 362 g/mol. The van der Waals surface area contributed by atoms with Crippen LogP contribution in [0, 0.1) is 0 Å². The molecule has 0 aliphatic heterocycles. The Morgan fingerprint density at radius 2 is 1.42 bits per heavy atom. The molecular formula is C21H14BrNO. The Labute approximate surface area is 148 Å². The van der Waals surface area contributed by atoms with Gasteiger partial charge in [0.25, 0.3) is 5.56 Å². The van der Waals surface area contributed by atoms with Crippen LogP contribution in [0.2, 0.25) is 0 Å². The van der Waals surface area contributed by atoms with Crippen molar-refractivity contribution in [2.24, 2.45) is 0 Å². The van der Waals surface area contributed by atoms with E-state index in [0.717, 1.165) is 26.8 Å². The van der Waals surface area contributed by atoms with E-state index >= 15 is 0 Å². The van der Waals surface area contributed by atoms with E-state index in [9.17, 15) is 4.79 Å². The predicted octanol–water partition coefficient (Wildman–Crippen LogP) is 5.42. The third kappa shape index (κ3) is 2.57. The summed E-state index contributed by atoms with van der Waals surface area (Å²) in [6.45, 7) is 0. The highest BCUT2D eigenvalue weighted by atomic mass is 79.9. The third-order valence-electron chi connectivity index (χ3n) is 4.07. The fraction of sp³-hybridized carbons (Fsp3) is 0. The lowest BCUT2D eigenvalue weighted by Crippen LogP contribution is -2.20. The van der Waals surface area contributed by atoms with Crippen molar-refractivity contribution in [3.8, 4) is 16.9 Å². The van der Waals surface area contributed by atoms with E-state index in [0.29, 0.717) is 5.39 Å². The Hall–Kier alpha value is -2.65. The fourth-order valence-electron chi connectivity index (χ4n) is 2.94. The summed E-state index contributed by atoms with van der Waals surface area (Å²) < 4.78 is 2.68. The van der Waals surface area contributed by atoms with Gasteiger partial charge < -0.3 is 0 Å². The van der Waals surface area contributed by atoms with E-state index in [-0.39, 0.29) is 5.56 Å². The lowest BCUT2D eigenvalue weighted by Gasteiger charge is -2.15. The van der Waals surface area contributed by atoms with Crippen LogP contribution < -0.4 is 5.56 Å². The minimum absolute atomic E-state index is 0.0150. The minimum atomic E-state index is -0.0150. The van der Waals surface area contributed by atoms with Crippen molar-refractivity contribution in [1.82, 2.24) is 4.57 Å². The van der Waals surface area contributed by atoms with Crippen LogP contribution in [0.1, 0.15) is 0 Å². The molecule has 0 amide bonds. The number of benzene rings is 3. The molecule has 0 saturated heterocycles. The first-order chi connectivity index (χ1) is 11.7. The van der Waals surface area contributed by atoms with Crippen LogP contribution in [0.3, 0.4) is 0 Å². The molecule has 116 valence electrons. The van der Waals surface area contributed by atoms with E-state index in [1.54, 1.807) is 4.57 Å². The second-order valence-corrected chi connectivity index (χ2v) is 6.52. The molecule has 3 aromatic carbocycles. The first-order valence-electron chi connectivity index (χ1n) is 7.70. The zero-order valence-corrected chi connectivity index (χ0v) is 14.4. The summed E-state index contributed by atoms with van der Waals surface area (Å²) in [5, 5.41) is 1.64. The van der Waals surface area contributed by atoms with E-state index in [2.05, 4.69) is 22.0 Å². The Kier molecular flexibility index (Phi) is 3.79. The van der Waals surface area contributed by atoms with Crippen molar-refractivity contribution < 1.29 is 0 Å². The molecule has 0 spiro atoms. The summed E-state index contributed by atoms with van der Waals surface area (Å²) in [5.41, 5.74) is 2.76. The Morgan fingerprint density at radius 3 is 2.12 bits per heavy atom. The smallest absolute Gasteiger partial charge is 0.263 e. The van der Waals surface area contributed by atoms with Gasteiger partial charge in [-0.3, -0.25) is 9.36 Å². The van der Waals surface area contributed by atoms with Gasteiger partial charge in [0, 0.05) is 15.5 Å². The van der Waals surface area contributed by atoms with Crippen LogP contribution in [0.5, 0.6) is 0 Å². The summed E-state index contributed by atoms with van der Waals surface area (Å²) in [7, 11) is 0. The molecule has 0 unspecified atom stereocenters. The molecule has 2 nitrogen and oxygen atoms in total.